The fraction of sp³-hybridized carbons (Fsp3) is 0.467. The summed E-state index contributed by atoms with van der Waals surface area (Å²) in [5.41, 5.74) is 0.943. The number of imidazole rings is 1. The molecule has 1 aliphatic rings. The van der Waals surface area contributed by atoms with E-state index < -0.39 is 0 Å². The number of rotatable bonds is 2. The van der Waals surface area contributed by atoms with Crippen LogP contribution in [0.5, 0.6) is 0 Å². The molecule has 3 heterocycles. The SMILES string of the molecule is CN1CCC(N(C)C(=O)c2cn3cc(F)ccc3n2)CC1. The van der Waals surface area contributed by atoms with E-state index in [-0.39, 0.29) is 17.8 Å². The smallest absolute Gasteiger partial charge is 0.274 e. The lowest BCUT2D eigenvalue weighted by Gasteiger charge is -2.34. The molecule has 112 valence electrons. The first-order valence-corrected chi connectivity index (χ1v) is 7.14. The fourth-order valence-electron chi connectivity index (χ4n) is 2.80. The molecule has 6 heteroatoms. The van der Waals surface area contributed by atoms with Gasteiger partial charge < -0.3 is 14.2 Å². The molecule has 3 rings (SSSR count). The number of hydrogen-bond acceptors (Lipinski definition) is 3. The zero-order valence-electron chi connectivity index (χ0n) is 12.3. The van der Waals surface area contributed by atoms with Gasteiger partial charge in [-0.15, -0.1) is 0 Å². The molecule has 0 aliphatic carbocycles. The number of aromatic nitrogens is 2. The van der Waals surface area contributed by atoms with E-state index in [1.165, 1.54) is 12.3 Å². The topological polar surface area (TPSA) is 40.9 Å². The minimum atomic E-state index is -0.345. The summed E-state index contributed by atoms with van der Waals surface area (Å²) in [6, 6.07) is 3.16. The van der Waals surface area contributed by atoms with Crippen molar-refractivity contribution in [3.8, 4) is 0 Å². The molecule has 1 amide bonds. The largest absolute Gasteiger partial charge is 0.337 e. The Kier molecular flexibility index (Phi) is 3.63. The Morgan fingerprint density at radius 3 is 2.76 bits per heavy atom. The van der Waals surface area contributed by atoms with Crippen LogP contribution in [0.4, 0.5) is 4.39 Å². The Hall–Kier alpha value is -1.95. The molecule has 0 spiro atoms. The van der Waals surface area contributed by atoms with Crippen LogP contribution in [0.1, 0.15) is 23.3 Å². The summed E-state index contributed by atoms with van der Waals surface area (Å²) < 4.78 is 14.7. The zero-order valence-corrected chi connectivity index (χ0v) is 12.3. The van der Waals surface area contributed by atoms with Gasteiger partial charge in [0.25, 0.3) is 5.91 Å². The van der Waals surface area contributed by atoms with E-state index in [2.05, 4.69) is 16.9 Å². The van der Waals surface area contributed by atoms with Crippen LogP contribution < -0.4 is 0 Å². The van der Waals surface area contributed by atoms with Crippen molar-refractivity contribution in [1.29, 1.82) is 0 Å². The molecule has 2 aromatic heterocycles. The second-order valence-corrected chi connectivity index (χ2v) is 5.69. The van der Waals surface area contributed by atoms with Crippen LogP contribution in [0, 0.1) is 5.82 Å². The number of amides is 1. The second kappa shape index (κ2) is 5.44. The number of likely N-dealkylation sites (tertiary alicyclic amines) is 1. The van der Waals surface area contributed by atoms with Crippen LogP contribution in [0.15, 0.2) is 24.5 Å². The number of pyridine rings is 1. The van der Waals surface area contributed by atoms with Gasteiger partial charge in [-0.3, -0.25) is 4.79 Å². The average Bonchev–Trinajstić information content (AvgIpc) is 2.89. The third-order valence-electron chi connectivity index (χ3n) is 4.19. The molecular formula is C15H19FN4O. The normalized spacial score (nSPS) is 17.3. The van der Waals surface area contributed by atoms with Gasteiger partial charge in [-0.25, -0.2) is 9.37 Å². The van der Waals surface area contributed by atoms with E-state index in [0.717, 1.165) is 25.9 Å². The maximum atomic E-state index is 13.2. The van der Waals surface area contributed by atoms with Gasteiger partial charge in [0, 0.05) is 25.5 Å². The molecule has 1 aliphatic heterocycles. The lowest BCUT2D eigenvalue weighted by Crippen LogP contribution is -2.44. The molecule has 0 N–H and O–H groups in total. The highest BCUT2D eigenvalue weighted by Gasteiger charge is 2.26. The summed E-state index contributed by atoms with van der Waals surface area (Å²) in [4.78, 5) is 20.8. The molecule has 2 aromatic rings. The van der Waals surface area contributed by atoms with Crippen LogP contribution in [-0.4, -0.2) is 58.3 Å². The molecular weight excluding hydrogens is 271 g/mol. The van der Waals surface area contributed by atoms with Crippen LogP contribution in [0.3, 0.4) is 0 Å². The highest BCUT2D eigenvalue weighted by atomic mass is 19.1. The highest BCUT2D eigenvalue weighted by Crippen LogP contribution is 2.17. The van der Waals surface area contributed by atoms with Gasteiger partial charge >= 0.3 is 0 Å². The first-order chi connectivity index (χ1) is 10.0. The number of halogens is 1. The summed E-state index contributed by atoms with van der Waals surface area (Å²) >= 11 is 0. The van der Waals surface area contributed by atoms with Crippen LogP contribution in [0.25, 0.3) is 5.65 Å². The molecule has 0 atom stereocenters. The summed E-state index contributed by atoms with van der Waals surface area (Å²) in [6.45, 7) is 2.00. The standard InChI is InChI=1S/C15H19FN4O/c1-18-7-5-12(6-8-18)19(2)15(21)13-10-20-9-11(16)3-4-14(20)17-13/h3-4,9-10,12H,5-8H2,1-2H3. The molecule has 0 bridgehead atoms. The van der Waals surface area contributed by atoms with Gasteiger partial charge in [-0.1, -0.05) is 0 Å². The number of hydrogen-bond donors (Lipinski definition) is 0. The van der Waals surface area contributed by atoms with E-state index in [9.17, 15) is 9.18 Å². The first kappa shape index (κ1) is 14.0. The Bertz CT molecular complexity index is 661. The Labute approximate surface area is 123 Å². The average molecular weight is 290 g/mol. The second-order valence-electron chi connectivity index (χ2n) is 5.69. The van der Waals surface area contributed by atoms with Crippen LogP contribution in [-0.2, 0) is 0 Å². The van der Waals surface area contributed by atoms with Gasteiger partial charge in [-0.2, -0.15) is 0 Å². The maximum Gasteiger partial charge on any atom is 0.274 e. The van der Waals surface area contributed by atoms with Gasteiger partial charge in [0.2, 0.25) is 0 Å². The van der Waals surface area contributed by atoms with E-state index in [1.54, 1.807) is 21.6 Å². The van der Waals surface area contributed by atoms with Crippen molar-refractivity contribution in [2.75, 3.05) is 27.2 Å². The van der Waals surface area contributed by atoms with Crippen molar-refractivity contribution in [3.05, 3.63) is 36.0 Å². The monoisotopic (exact) mass is 290 g/mol. The van der Waals surface area contributed by atoms with Crippen LogP contribution in [0.2, 0.25) is 0 Å². The van der Waals surface area contributed by atoms with Crippen molar-refractivity contribution in [2.24, 2.45) is 0 Å². The van der Waals surface area contributed by atoms with Gasteiger partial charge in [0.15, 0.2) is 0 Å². The van der Waals surface area contributed by atoms with Crippen molar-refractivity contribution >= 4 is 11.6 Å². The summed E-state index contributed by atoms with van der Waals surface area (Å²) in [5.74, 6) is -0.448. The Morgan fingerprint density at radius 1 is 1.33 bits per heavy atom. The van der Waals surface area contributed by atoms with Crippen LogP contribution >= 0.6 is 0 Å². The summed E-state index contributed by atoms with van der Waals surface area (Å²) in [6.07, 6.45) is 4.86. The molecule has 0 saturated carbocycles. The Balaban J connectivity index is 1.79. The molecule has 0 aromatic carbocycles. The highest BCUT2D eigenvalue weighted by molar-refractivity contribution is 5.93. The predicted molar refractivity (Wildman–Crippen MR) is 77.8 cm³/mol. The third-order valence-corrected chi connectivity index (χ3v) is 4.19. The van der Waals surface area contributed by atoms with Crippen molar-refractivity contribution < 1.29 is 9.18 Å². The number of carbonyl (C=O) groups excluding carboxylic acids is 1. The van der Waals surface area contributed by atoms with E-state index in [4.69, 9.17) is 0 Å². The van der Waals surface area contributed by atoms with Gasteiger partial charge in [0.1, 0.15) is 17.2 Å². The molecule has 1 saturated heterocycles. The van der Waals surface area contributed by atoms with E-state index in [0.29, 0.717) is 11.3 Å². The lowest BCUT2D eigenvalue weighted by molar-refractivity contribution is 0.0654. The fourth-order valence-corrected chi connectivity index (χ4v) is 2.80. The molecule has 0 unspecified atom stereocenters. The summed E-state index contributed by atoms with van der Waals surface area (Å²) in [5, 5.41) is 0. The van der Waals surface area contributed by atoms with Gasteiger partial charge in [0.05, 0.1) is 0 Å². The lowest BCUT2D eigenvalue weighted by atomic mass is 10.0. The molecule has 0 radical (unpaired) electrons. The summed E-state index contributed by atoms with van der Waals surface area (Å²) in [7, 11) is 3.91. The van der Waals surface area contributed by atoms with Gasteiger partial charge in [-0.05, 0) is 45.1 Å². The number of carbonyl (C=O) groups is 1. The maximum absolute atomic E-state index is 13.2. The predicted octanol–water partition coefficient (Wildman–Crippen LogP) is 1.64. The molecule has 1 fully saturated rings. The van der Waals surface area contributed by atoms with Crippen molar-refractivity contribution in [1.82, 2.24) is 19.2 Å². The zero-order chi connectivity index (χ0) is 15.0. The molecule has 21 heavy (non-hydrogen) atoms. The minimum Gasteiger partial charge on any atom is -0.337 e. The van der Waals surface area contributed by atoms with Crippen molar-refractivity contribution in [2.45, 2.75) is 18.9 Å². The third kappa shape index (κ3) is 2.76. The number of fused-ring (bicyclic) bond motifs is 1. The minimum absolute atomic E-state index is 0.103. The number of nitrogens with zero attached hydrogens (tertiary/aromatic N) is 4. The Morgan fingerprint density at radius 2 is 2.05 bits per heavy atom. The first-order valence-electron chi connectivity index (χ1n) is 7.14. The van der Waals surface area contributed by atoms with E-state index in [1.807, 2.05) is 7.05 Å². The number of piperidine rings is 1. The molecule has 5 nitrogen and oxygen atoms in total. The van der Waals surface area contributed by atoms with Crippen molar-refractivity contribution in [3.63, 3.8) is 0 Å². The quantitative estimate of drug-likeness (QED) is 0.844. The van der Waals surface area contributed by atoms with E-state index >= 15 is 0 Å².